The Morgan fingerprint density at radius 1 is 1.26 bits per heavy atom. The number of allylic oxidation sites excluding steroid dienone is 1. The van der Waals surface area contributed by atoms with E-state index in [-0.39, 0.29) is 0 Å². The molecule has 0 aromatic rings. The molecule has 5 heteroatoms. The zero-order chi connectivity index (χ0) is 13.7. The summed E-state index contributed by atoms with van der Waals surface area (Å²) in [5, 5.41) is 9.44. The number of hydrogen-bond donors (Lipinski definition) is 1. The summed E-state index contributed by atoms with van der Waals surface area (Å²) in [5.41, 5.74) is 2.66. The van der Waals surface area contributed by atoms with Crippen LogP contribution in [0.15, 0.2) is 21.4 Å². The van der Waals surface area contributed by atoms with Crippen LogP contribution in [-0.4, -0.2) is 39.0 Å². The van der Waals surface area contributed by atoms with Crippen LogP contribution in [-0.2, 0) is 0 Å². The van der Waals surface area contributed by atoms with E-state index in [4.69, 9.17) is 0 Å². The molecule has 0 saturated heterocycles. The van der Waals surface area contributed by atoms with Crippen molar-refractivity contribution in [3.63, 3.8) is 0 Å². The van der Waals surface area contributed by atoms with Gasteiger partial charge >= 0.3 is 124 Å². The third kappa shape index (κ3) is 3.62. The Kier molecular flexibility index (Phi) is 5.50. The molecule has 0 bridgehead atoms. The van der Waals surface area contributed by atoms with Crippen molar-refractivity contribution in [2.45, 2.75) is 63.6 Å². The summed E-state index contributed by atoms with van der Waals surface area (Å²) in [5.74, 6) is 0.888. The van der Waals surface area contributed by atoms with Crippen LogP contribution in [0.4, 0.5) is 0 Å². The molecule has 2 heterocycles. The number of hydrazone groups is 1. The number of aliphatic imine (C=N–C) groups is 1. The minimum atomic E-state index is 0.405. The molecule has 2 atom stereocenters. The van der Waals surface area contributed by atoms with E-state index in [9.17, 15) is 0 Å². The fourth-order valence-corrected chi connectivity index (χ4v) is 3.89. The monoisotopic (exact) mass is 324 g/mol. The van der Waals surface area contributed by atoms with Gasteiger partial charge in [0.25, 0.3) is 0 Å². The molecule has 4 nitrogen and oxygen atoms in total. The van der Waals surface area contributed by atoms with Crippen LogP contribution < -0.4 is 5.32 Å². The average molecular weight is 324 g/mol. The number of rotatable bonds is 7. The Bertz CT molecular complexity index is 400. The average Bonchev–Trinajstić information content (AvgIpc) is 2.85. The summed E-state index contributed by atoms with van der Waals surface area (Å²) in [7, 11) is 0. The molecule has 0 aliphatic carbocycles. The first kappa shape index (κ1) is 14.6. The minimum absolute atomic E-state index is 0.405. The van der Waals surface area contributed by atoms with Crippen molar-refractivity contribution in [2.24, 2.45) is 10.1 Å². The van der Waals surface area contributed by atoms with Gasteiger partial charge in [-0.25, -0.2) is 0 Å². The number of guanidine groups is 1. The maximum atomic E-state index is 4.60. The standard InChI is InChI=1S/C14H25AsN4/c1-3-4-5-6-7-8-9-12-11(2)18-14-16-10-17-19(14)13(12)15/h10,13H,3-9,15H2,1-2H3,(H,16,17,18). The van der Waals surface area contributed by atoms with E-state index < -0.39 is 0 Å². The molecule has 19 heavy (non-hydrogen) atoms. The molecule has 1 N–H and O–H groups in total. The number of nitrogens with one attached hydrogen (secondary N) is 1. The molecule has 0 aromatic heterocycles. The quantitative estimate of drug-likeness (QED) is 0.576. The van der Waals surface area contributed by atoms with Gasteiger partial charge in [-0.05, 0) is 0 Å². The molecule has 2 aliphatic rings. The molecule has 0 radical (unpaired) electrons. The Balaban J connectivity index is 1.82. The van der Waals surface area contributed by atoms with Crippen molar-refractivity contribution >= 4 is 29.2 Å². The first-order valence-electron chi connectivity index (χ1n) is 7.36. The van der Waals surface area contributed by atoms with Crippen LogP contribution in [0.25, 0.3) is 0 Å². The Hall–Kier alpha value is -0.762. The molecule has 2 rings (SSSR count). The number of unbranched alkanes of at least 4 members (excludes halogenated alkanes) is 5. The predicted molar refractivity (Wildman–Crippen MR) is 83.9 cm³/mol. The van der Waals surface area contributed by atoms with E-state index in [1.54, 1.807) is 23.2 Å². The van der Waals surface area contributed by atoms with E-state index in [2.05, 4.69) is 29.3 Å². The van der Waals surface area contributed by atoms with Gasteiger partial charge in [0.1, 0.15) is 0 Å². The topological polar surface area (TPSA) is 40.0 Å². The van der Waals surface area contributed by atoms with Crippen LogP contribution in [0.1, 0.15) is 58.8 Å². The summed E-state index contributed by atoms with van der Waals surface area (Å²) in [6, 6.07) is 0. The van der Waals surface area contributed by atoms with E-state index in [0.29, 0.717) is 4.83 Å². The van der Waals surface area contributed by atoms with Crippen molar-refractivity contribution < 1.29 is 0 Å². The summed E-state index contributed by atoms with van der Waals surface area (Å²) in [4.78, 5) is 5.01. The molecule has 0 spiro atoms. The fourth-order valence-electron chi connectivity index (χ4n) is 2.57. The van der Waals surface area contributed by atoms with Crippen molar-refractivity contribution in [3.05, 3.63) is 11.3 Å². The molecular formula is C14H25AsN4. The molecule has 0 aromatic carbocycles. The Labute approximate surface area is 124 Å². The van der Waals surface area contributed by atoms with Gasteiger partial charge in [0.2, 0.25) is 0 Å². The van der Waals surface area contributed by atoms with E-state index >= 15 is 0 Å². The van der Waals surface area contributed by atoms with Gasteiger partial charge in [0, 0.05) is 0 Å². The van der Waals surface area contributed by atoms with Crippen molar-refractivity contribution in [3.8, 4) is 0 Å². The van der Waals surface area contributed by atoms with Crippen LogP contribution in [0, 0.1) is 0 Å². The van der Waals surface area contributed by atoms with Gasteiger partial charge in [-0.3, -0.25) is 0 Å². The molecule has 106 valence electrons. The second-order valence-electron chi connectivity index (χ2n) is 5.24. The summed E-state index contributed by atoms with van der Waals surface area (Å²) in [6.45, 7) is 4.39. The van der Waals surface area contributed by atoms with Crippen molar-refractivity contribution in [2.75, 3.05) is 0 Å². The van der Waals surface area contributed by atoms with E-state index in [1.807, 2.05) is 5.01 Å². The SMILES string of the molecule is CCCCCCCCC1=C(C)N=C2NC=NN2C1[AsH2]. The normalized spacial score (nSPS) is 21.5. The summed E-state index contributed by atoms with van der Waals surface area (Å²) < 4.78 is 0. The molecule has 0 saturated carbocycles. The zero-order valence-electron chi connectivity index (χ0n) is 12.0. The summed E-state index contributed by atoms with van der Waals surface area (Å²) in [6.07, 6.45) is 11.0. The first-order valence-corrected chi connectivity index (χ1v) is 8.76. The number of fused-ring (bicyclic) bond motifs is 1. The van der Waals surface area contributed by atoms with Crippen LogP contribution in [0.2, 0.25) is 0 Å². The fraction of sp³-hybridized carbons (Fsp3) is 0.714. The van der Waals surface area contributed by atoms with Crippen LogP contribution in [0.5, 0.6) is 0 Å². The number of nitrogens with zero attached hydrogens (tertiary/aromatic N) is 3. The summed E-state index contributed by atoms with van der Waals surface area (Å²) >= 11 is 1.71. The van der Waals surface area contributed by atoms with Gasteiger partial charge in [-0.1, -0.05) is 0 Å². The molecule has 2 unspecified atom stereocenters. The number of hydrogen-bond acceptors (Lipinski definition) is 4. The van der Waals surface area contributed by atoms with Gasteiger partial charge in [-0.15, -0.1) is 0 Å². The second-order valence-corrected chi connectivity index (χ2v) is 6.57. The predicted octanol–water partition coefficient (Wildman–Crippen LogP) is 2.19. The van der Waals surface area contributed by atoms with Crippen LogP contribution >= 0.6 is 0 Å². The van der Waals surface area contributed by atoms with Crippen LogP contribution in [0.3, 0.4) is 0 Å². The van der Waals surface area contributed by atoms with Gasteiger partial charge < -0.3 is 0 Å². The molecule has 2 aliphatic heterocycles. The Morgan fingerprint density at radius 2 is 2.00 bits per heavy atom. The second kappa shape index (κ2) is 7.14. The van der Waals surface area contributed by atoms with Gasteiger partial charge in [0.05, 0.1) is 0 Å². The molecular weight excluding hydrogens is 299 g/mol. The Morgan fingerprint density at radius 3 is 2.79 bits per heavy atom. The zero-order valence-corrected chi connectivity index (χ0v) is 14.4. The van der Waals surface area contributed by atoms with Gasteiger partial charge in [-0.2, -0.15) is 0 Å². The van der Waals surface area contributed by atoms with E-state index in [0.717, 1.165) is 5.96 Å². The van der Waals surface area contributed by atoms with Crippen molar-refractivity contribution in [1.29, 1.82) is 0 Å². The molecule has 0 amide bonds. The molecule has 0 fully saturated rings. The van der Waals surface area contributed by atoms with E-state index in [1.165, 1.54) is 56.2 Å². The third-order valence-electron chi connectivity index (χ3n) is 3.75. The van der Waals surface area contributed by atoms with Gasteiger partial charge in [0.15, 0.2) is 0 Å². The first-order chi connectivity index (χ1) is 9.24. The maximum absolute atomic E-state index is 4.60. The third-order valence-corrected chi connectivity index (χ3v) is 5.19. The van der Waals surface area contributed by atoms with Crippen molar-refractivity contribution in [1.82, 2.24) is 10.3 Å².